The molecule has 1 aliphatic rings. The molecular formula is C13H19N3O. The predicted molar refractivity (Wildman–Crippen MR) is 67.8 cm³/mol. The molecule has 4 heteroatoms. The van der Waals surface area contributed by atoms with E-state index < -0.39 is 0 Å². The van der Waals surface area contributed by atoms with Crippen molar-refractivity contribution in [1.82, 2.24) is 15.5 Å². The summed E-state index contributed by atoms with van der Waals surface area (Å²) in [6.07, 6.45) is 0. The molecule has 17 heavy (non-hydrogen) atoms. The number of carbonyl (C=O) groups excluding carboxylic acids is 1. The van der Waals surface area contributed by atoms with Crippen LogP contribution in [0.25, 0.3) is 0 Å². The number of amides is 2. The third-order valence-electron chi connectivity index (χ3n) is 2.99. The van der Waals surface area contributed by atoms with Crippen LogP contribution in [0.1, 0.15) is 18.5 Å². The van der Waals surface area contributed by atoms with E-state index in [0.717, 1.165) is 19.6 Å². The highest BCUT2D eigenvalue weighted by atomic mass is 16.2. The number of piperazine rings is 1. The van der Waals surface area contributed by atoms with E-state index in [1.807, 2.05) is 30.0 Å². The number of benzene rings is 1. The van der Waals surface area contributed by atoms with Crippen molar-refractivity contribution < 1.29 is 4.79 Å². The van der Waals surface area contributed by atoms with Gasteiger partial charge >= 0.3 is 6.03 Å². The number of urea groups is 1. The Bertz CT molecular complexity index is 366. The zero-order chi connectivity index (χ0) is 12.1. The van der Waals surface area contributed by atoms with Crippen molar-refractivity contribution in [2.75, 3.05) is 26.2 Å². The predicted octanol–water partition coefficient (Wildman–Crippen LogP) is 1.36. The Balaban J connectivity index is 2.00. The molecule has 0 saturated carbocycles. The van der Waals surface area contributed by atoms with Crippen LogP contribution in [0.4, 0.5) is 4.79 Å². The third kappa shape index (κ3) is 2.97. The molecule has 0 spiro atoms. The minimum absolute atomic E-state index is 0.0370. The maximum Gasteiger partial charge on any atom is 0.317 e. The quantitative estimate of drug-likeness (QED) is 0.810. The average Bonchev–Trinajstić information content (AvgIpc) is 2.40. The second kappa shape index (κ2) is 5.68. The van der Waals surface area contributed by atoms with E-state index in [4.69, 9.17) is 0 Å². The van der Waals surface area contributed by atoms with Crippen molar-refractivity contribution in [3.05, 3.63) is 35.9 Å². The number of hydrogen-bond acceptors (Lipinski definition) is 2. The van der Waals surface area contributed by atoms with Gasteiger partial charge < -0.3 is 15.5 Å². The van der Waals surface area contributed by atoms with Gasteiger partial charge in [0.25, 0.3) is 0 Å². The first-order valence-corrected chi connectivity index (χ1v) is 6.12. The first kappa shape index (κ1) is 11.9. The molecule has 1 unspecified atom stereocenters. The van der Waals surface area contributed by atoms with Crippen molar-refractivity contribution >= 4 is 6.03 Å². The normalized spacial score (nSPS) is 20.1. The fraction of sp³-hybridized carbons (Fsp3) is 0.462. The van der Waals surface area contributed by atoms with Gasteiger partial charge in [-0.2, -0.15) is 0 Å². The van der Waals surface area contributed by atoms with Crippen LogP contribution in [0.15, 0.2) is 30.3 Å². The minimum atomic E-state index is 0.0370. The molecule has 1 saturated heterocycles. The molecule has 1 aliphatic heterocycles. The fourth-order valence-corrected chi connectivity index (χ4v) is 2.11. The molecule has 0 aromatic heterocycles. The SMILES string of the molecule is CCNC(=O)N1CCNC(c2ccccc2)C1. The highest BCUT2D eigenvalue weighted by Crippen LogP contribution is 2.16. The molecule has 1 atom stereocenters. The molecule has 2 rings (SSSR count). The summed E-state index contributed by atoms with van der Waals surface area (Å²) in [6, 6.07) is 10.5. The summed E-state index contributed by atoms with van der Waals surface area (Å²) in [5, 5.41) is 6.29. The highest BCUT2D eigenvalue weighted by molar-refractivity contribution is 5.74. The third-order valence-corrected chi connectivity index (χ3v) is 2.99. The van der Waals surface area contributed by atoms with Crippen LogP contribution >= 0.6 is 0 Å². The lowest BCUT2D eigenvalue weighted by Crippen LogP contribution is -2.51. The van der Waals surface area contributed by atoms with Crippen molar-refractivity contribution in [2.45, 2.75) is 13.0 Å². The van der Waals surface area contributed by atoms with Gasteiger partial charge in [0, 0.05) is 26.2 Å². The summed E-state index contributed by atoms with van der Waals surface area (Å²) < 4.78 is 0. The van der Waals surface area contributed by atoms with Gasteiger partial charge in [-0.3, -0.25) is 0 Å². The van der Waals surface area contributed by atoms with Gasteiger partial charge in [0.1, 0.15) is 0 Å². The van der Waals surface area contributed by atoms with Crippen LogP contribution in [-0.4, -0.2) is 37.1 Å². The molecule has 4 nitrogen and oxygen atoms in total. The van der Waals surface area contributed by atoms with Crippen LogP contribution in [0.2, 0.25) is 0 Å². The van der Waals surface area contributed by atoms with Crippen LogP contribution in [0.5, 0.6) is 0 Å². The standard InChI is InChI=1S/C13H19N3O/c1-2-14-13(17)16-9-8-15-12(10-16)11-6-4-3-5-7-11/h3-7,12,15H,2,8-10H2,1H3,(H,14,17). The number of rotatable bonds is 2. The molecule has 1 aromatic carbocycles. The smallest absolute Gasteiger partial charge is 0.317 e. The Labute approximate surface area is 102 Å². The second-order valence-electron chi connectivity index (χ2n) is 4.20. The highest BCUT2D eigenvalue weighted by Gasteiger charge is 2.23. The van der Waals surface area contributed by atoms with Gasteiger partial charge in [-0.15, -0.1) is 0 Å². The molecule has 1 heterocycles. The van der Waals surface area contributed by atoms with Gasteiger partial charge in [-0.1, -0.05) is 30.3 Å². The number of nitrogens with zero attached hydrogens (tertiary/aromatic N) is 1. The molecule has 0 radical (unpaired) electrons. The first-order chi connectivity index (χ1) is 8.31. The first-order valence-electron chi connectivity index (χ1n) is 6.12. The van der Waals surface area contributed by atoms with E-state index in [-0.39, 0.29) is 12.1 Å². The minimum Gasteiger partial charge on any atom is -0.338 e. The van der Waals surface area contributed by atoms with Gasteiger partial charge in [-0.05, 0) is 12.5 Å². The summed E-state index contributed by atoms with van der Waals surface area (Å²) >= 11 is 0. The summed E-state index contributed by atoms with van der Waals surface area (Å²) in [5.74, 6) is 0. The maximum absolute atomic E-state index is 11.8. The Morgan fingerprint density at radius 2 is 2.24 bits per heavy atom. The molecule has 0 aliphatic carbocycles. The van der Waals surface area contributed by atoms with E-state index in [0.29, 0.717) is 6.54 Å². The maximum atomic E-state index is 11.8. The Morgan fingerprint density at radius 1 is 1.47 bits per heavy atom. The molecule has 2 amide bonds. The van der Waals surface area contributed by atoms with Gasteiger partial charge in [0.15, 0.2) is 0 Å². The molecule has 92 valence electrons. The van der Waals surface area contributed by atoms with Crippen molar-refractivity contribution in [1.29, 1.82) is 0 Å². The van der Waals surface area contributed by atoms with E-state index in [1.54, 1.807) is 0 Å². The summed E-state index contributed by atoms with van der Waals surface area (Å²) in [6.45, 7) is 4.97. The number of carbonyl (C=O) groups is 1. The van der Waals surface area contributed by atoms with E-state index in [9.17, 15) is 4.79 Å². The Kier molecular flexibility index (Phi) is 3.98. The lowest BCUT2D eigenvalue weighted by molar-refractivity contribution is 0.177. The zero-order valence-corrected chi connectivity index (χ0v) is 10.1. The second-order valence-corrected chi connectivity index (χ2v) is 4.20. The molecule has 1 aromatic rings. The average molecular weight is 233 g/mol. The Morgan fingerprint density at radius 3 is 2.94 bits per heavy atom. The molecule has 1 fully saturated rings. The van der Waals surface area contributed by atoms with E-state index in [1.165, 1.54) is 5.56 Å². The van der Waals surface area contributed by atoms with Crippen LogP contribution in [0, 0.1) is 0 Å². The van der Waals surface area contributed by atoms with E-state index in [2.05, 4.69) is 22.8 Å². The van der Waals surface area contributed by atoms with Gasteiger partial charge in [0.2, 0.25) is 0 Å². The van der Waals surface area contributed by atoms with Crippen LogP contribution in [-0.2, 0) is 0 Å². The Hall–Kier alpha value is -1.55. The lowest BCUT2D eigenvalue weighted by Gasteiger charge is -2.33. The molecular weight excluding hydrogens is 214 g/mol. The van der Waals surface area contributed by atoms with Gasteiger partial charge in [0.05, 0.1) is 6.04 Å². The lowest BCUT2D eigenvalue weighted by atomic mass is 10.1. The monoisotopic (exact) mass is 233 g/mol. The van der Waals surface area contributed by atoms with Crippen molar-refractivity contribution in [2.24, 2.45) is 0 Å². The van der Waals surface area contributed by atoms with Crippen molar-refractivity contribution in [3.8, 4) is 0 Å². The topological polar surface area (TPSA) is 44.4 Å². The fourth-order valence-electron chi connectivity index (χ4n) is 2.11. The van der Waals surface area contributed by atoms with E-state index >= 15 is 0 Å². The summed E-state index contributed by atoms with van der Waals surface area (Å²) in [4.78, 5) is 13.6. The number of hydrogen-bond donors (Lipinski definition) is 2. The number of nitrogens with one attached hydrogen (secondary N) is 2. The van der Waals surface area contributed by atoms with Crippen LogP contribution < -0.4 is 10.6 Å². The van der Waals surface area contributed by atoms with Gasteiger partial charge in [-0.25, -0.2) is 4.79 Å². The van der Waals surface area contributed by atoms with Crippen molar-refractivity contribution in [3.63, 3.8) is 0 Å². The molecule has 0 bridgehead atoms. The largest absolute Gasteiger partial charge is 0.338 e. The summed E-state index contributed by atoms with van der Waals surface area (Å²) in [7, 11) is 0. The summed E-state index contributed by atoms with van der Waals surface area (Å²) in [5.41, 5.74) is 1.24. The molecule has 2 N–H and O–H groups in total. The zero-order valence-electron chi connectivity index (χ0n) is 10.1. The van der Waals surface area contributed by atoms with Crippen LogP contribution in [0.3, 0.4) is 0 Å².